The molecular weight excluding hydrogens is 460 g/mol. The molecule has 188 valence electrons. The minimum atomic E-state index is -0.425. The van der Waals surface area contributed by atoms with Gasteiger partial charge in [0.25, 0.3) is 5.91 Å². The molecule has 0 saturated heterocycles. The number of likely N-dealkylation sites (N-methyl/N-ethyl adjacent to an activating group) is 1. The number of hydrogen-bond acceptors (Lipinski definition) is 8. The molecule has 1 aliphatic rings. The number of rotatable bonds is 7. The van der Waals surface area contributed by atoms with E-state index in [1.165, 1.54) is 6.33 Å². The van der Waals surface area contributed by atoms with Crippen molar-refractivity contribution in [3.8, 4) is 17.0 Å². The van der Waals surface area contributed by atoms with E-state index in [4.69, 9.17) is 4.74 Å². The Morgan fingerprint density at radius 1 is 1.22 bits per heavy atom. The Kier molecular flexibility index (Phi) is 7.84. The van der Waals surface area contributed by atoms with Crippen molar-refractivity contribution >= 4 is 11.8 Å². The first kappa shape index (κ1) is 25.2. The molecule has 10 nitrogen and oxygen atoms in total. The van der Waals surface area contributed by atoms with Gasteiger partial charge in [-0.3, -0.25) is 14.6 Å². The molecule has 1 aliphatic heterocycles. The average Bonchev–Trinajstić information content (AvgIpc) is 2.91. The molecule has 0 fully saturated rings. The fourth-order valence-electron chi connectivity index (χ4n) is 4.11. The largest absolute Gasteiger partial charge is 0.472 e. The van der Waals surface area contributed by atoms with Crippen molar-refractivity contribution in [2.24, 2.45) is 5.92 Å². The Hall–Kier alpha value is -3.92. The van der Waals surface area contributed by atoms with Crippen LogP contribution in [0.5, 0.6) is 5.88 Å². The molecule has 0 radical (unpaired) electrons. The van der Waals surface area contributed by atoms with E-state index >= 15 is 0 Å². The van der Waals surface area contributed by atoms with Crippen LogP contribution in [0.3, 0.4) is 0 Å². The summed E-state index contributed by atoms with van der Waals surface area (Å²) in [7, 11) is 1.74. The number of aliphatic hydroxyl groups is 1. The second-order valence-electron chi connectivity index (χ2n) is 9.14. The maximum absolute atomic E-state index is 13.6. The van der Waals surface area contributed by atoms with E-state index in [-0.39, 0.29) is 42.2 Å². The van der Waals surface area contributed by atoms with Crippen LogP contribution in [0, 0.1) is 5.92 Å². The Labute approximate surface area is 210 Å². The van der Waals surface area contributed by atoms with Crippen LogP contribution in [0.2, 0.25) is 0 Å². The predicted octanol–water partition coefficient (Wildman–Crippen LogP) is 1.85. The summed E-state index contributed by atoms with van der Waals surface area (Å²) in [6.07, 6.45) is 9.49. The van der Waals surface area contributed by atoms with E-state index in [1.807, 2.05) is 13.0 Å². The molecule has 0 aliphatic carbocycles. The van der Waals surface area contributed by atoms with Crippen molar-refractivity contribution in [1.29, 1.82) is 0 Å². The van der Waals surface area contributed by atoms with E-state index < -0.39 is 12.1 Å². The van der Waals surface area contributed by atoms with Crippen LogP contribution < -0.4 is 4.74 Å². The van der Waals surface area contributed by atoms with Gasteiger partial charge in [-0.1, -0.05) is 13.0 Å². The van der Waals surface area contributed by atoms with E-state index in [0.717, 1.165) is 11.1 Å². The lowest BCUT2D eigenvalue weighted by Gasteiger charge is -2.37. The summed E-state index contributed by atoms with van der Waals surface area (Å²) in [4.78, 5) is 46.3. The molecule has 0 spiro atoms. The highest BCUT2D eigenvalue weighted by Crippen LogP contribution is 2.30. The predicted molar refractivity (Wildman–Crippen MR) is 132 cm³/mol. The number of hydrogen-bond donors (Lipinski definition) is 1. The zero-order valence-corrected chi connectivity index (χ0v) is 20.6. The molecule has 36 heavy (non-hydrogen) atoms. The lowest BCUT2D eigenvalue weighted by atomic mass is 9.99. The van der Waals surface area contributed by atoms with Crippen molar-refractivity contribution in [2.75, 3.05) is 26.7 Å². The molecule has 4 rings (SSSR count). The van der Waals surface area contributed by atoms with Gasteiger partial charge in [0, 0.05) is 61.6 Å². The van der Waals surface area contributed by atoms with E-state index in [2.05, 4.69) is 19.9 Å². The first-order chi connectivity index (χ1) is 17.4. The maximum atomic E-state index is 13.6. The summed E-state index contributed by atoms with van der Waals surface area (Å²) in [6, 6.07) is 4.98. The fourth-order valence-corrected chi connectivity index (χ4v) is 4.11. The quantitative estimate of drug-likeness (QED) is 0.533. The number of aliphatic hydroxyl groups excluding tert-OH is 1. The van der Waals surface area contributed by atoms with Gasteiger partial charge in [-0.15, -0.1) is 0 Å². The van der Waals surface area contributed by atoms with Gasteiger partial charge in [0.05, 0.1) is 25.6 Å². The Morgan fingerprint density at radius 2 is 2.00 bits per heavy atom. The van der Waals surface area contributed by atoms with Crippen LogP contribution >= 0.6 is 0 Å². The van der Waals surface area contributed by atoms with Crippen molar-refractivity contribution in [3.63, 3.8) is 0 Å². The maximum Gasteiger partial charge on any atom is 0.259 e. The molecule has 3 atom stereocenters. The normalized spacial score (nSPS) is 18.4. The lowest BCUT2D eigenvalue weighted by molar-refractivity contribution is -0.130. The summed E-state index contributed by atoms with van der Waals surface area (Å²) in [6.45, 7) is 4.25. The van der Waals surface area contributed by atoms with Crippen LogP contribution in [-0.4, -0.2) is 85.5 Å². The van der Waals surface area contributed by atoms with Crippen LogP contribution in [-0.2, 0) is 11.2 Å². The lowest BCUT2D eigenvalue weighted by Crippen LogP contribution is -2.50. The van der Waals surface area contributed by atoms with Crippen molar-refractivity contribution in [2.45, 2.75) is 32.4 Å². The van der Waals surface area contributed by atoms with Crippen LogP contribution in [0.4, 0.5) is 0 Å². The SMILES string of the molecule is C[C@H]1CN([C@@H](C)CO)C(=O)c2cc(-c3cncnc3)cnc2O[C@H]1CN(C)C(=O)Cc1cccnc1. The van der Waals surface area contributed by atoms with Crippen LogP contribution in [0.1, 0.15) is 29.8 Å². The van der Waals surface area contributed by atoms with E-state index in [1.54, 1.807) is 66.9 Å². The number of aromatic nitrogens is 4. The Morgan fingerprint density at radius 3 is 2.69 bits per heavy atom. The second kappa shape index (κ2) is 11.2. The first-order valence-electron chi connectivity index (χ1n) is 11.8. The number of fused-ring (bicyclic) bond motifs is 1. The van der Waals surface area contributed by atoms with Gasteiger partial charge in [-0.2, -0.15) is 0 Å². The molecule has 2 amide bonds. The molecule has 1 N–H and O–H groups in total. The summed E-state index contributed by atoms with van der Waals surface area (Å²) in [5.74, 6) is -0.275. The number of carbonyl (C=O) groups excluding carboxylic acids is 2. The van der Waals surface area contributed by atoms with Gasteiger partial charge < -0.3 is 19.6 Å². The van der Waals surface area contributed by atoms with Gasteiger partial charge in [0.2, 0.25) is 11.8 Å². The van der Waals surface area contributed by atoms with Crippen molar-refractivity contribution < 1.29 is 19.4 Å². The van der Waals surface area contributed by atoms with Gasteiger partial charge in [-0.05, 0) is 24.6 Å². The highest BCUT2D eigenvalue weighted by molar-refractivity contribution is 5.98. The van der Waals surface area contributed by atoms with Crippen molar-refractivity contribution in [3.05, 3.63) is 66.6 Å². The molecule has 10 heteroatoms. The summed E-state index contributed by atoms with van der Waals surface area (Å²) in [5.41, 5.74) is 2.52. The minimum absolute atomic E-state index is 0.0647. The summed E-state index contributed by atoms with van der Waals surface area (Å²) >= 11 is 0. The molecule has 3 aromatic heterocycles. The topological polar surface area (TPSA) is 122 Å². The Balaban J connectivity index is 1.62. The summed E-state index contributed by atoms with van der Waals surface area (Å²) in [5, 5.41) is 9.84. The van der Waals surface area contributed by atoms with E-state index in [9.17, 15) is 14.7 Å². The van der Waals surface area contributed by atoms with Gasteiger partial charge in [-0.25, -0.2) is 15.0 Å². The number of ether oxygens (including phenoxy) is 1. The van der Waals surface area contributed by atoms with Crippen molar-refractivity contribution in [1.82, 2.24) is 29.7 Å². The average molecular weight is 491 g/mol. The number of amides is 2. The first-order valence-corrected chi connectivity index (χ1v) is 11.8. The smallest absolute Gasteiger partial charge is 0.259 e. The third kappa shape index (κ3) is 5.65. The van der Waals surface area contributed by atoms with Crippen LogP contribution in [0.25, 0.3) is 11.1 Å². The highest BCUT2D eigenvalue weighted by Gasteiger charge is 2.34. The number of pyridine rings is 2. The number of carbonyl (C=O) groups is 2. The third-order valence-corrected chi connectivity index (χ3v) is 6.37. The van der Waals surface area contributed by atoms with Gasteiger partial charge in [0.1, 0.15) is 18.0 Å². The molecule has 4 heterocycles. The fraction of sp³-hybridized carbons (Fsp3) is 0.385. The summed E-state index contributed by atoms with van der Waals surface area (Å²) < 4.78 is 6.28. The zero-order valence-electron chi connectivity index (χ0n) is 20.6. The molecule has 0 bridgehead atoms. The highest BCUT2D eigenvalue weighted by atomic mass is 16.5. The molecule has 0 aromatic carbocycles. The third-order valence-electron chi connectivity index (χ3n) is 6.37. The van der Waals surface area contributed by atoms with Crippen LogP contribution in [0.15, 0.2) is 55.5 Å². The zero-order chi connectivity index (χ0) is 25.7. The second-order valence-corrected chi connectivity index (χ2v) is 9.14. The monoisotopic (exact) mass is 490 g/mol. The molecule has 0 unspecified atom stereocenters. The standard InChI is InChI=1S/C26H30N6O4/c1-17-13-32(18(2)15-33)26(35)22-8-20(21-10-28-16-29-11-21)12-30-25(22)36-23(17)14-31(3)24(34)7-19-5-4-6-27-9-19/h4-6,8-12,16-18,23,33H,7,13-15H2,1-3H3/t17-,18-,23-/m0/s1. The minimum Gasteiger partial charge on any atom is -0.472 e. The van der Waals surface area contributed by atoms with Gasteiger partial charge >= 0.3 is 0 Å². The van der Waals surface area contributed by atoms with Gasteiger partial charge in [0.15, 0.2) is 0 Å². The van der Waals surface area contributed by atoms with E-state index in [0.29, 0.717) is 18.7 Å². The molecule has 0 saturated carbocycles. The Bertz CT molecular complexity index is 1190. The molecule has 3 aromatic rings. The number of nitrogens with zero attached hydrogens (tertiary/aromatic N) is 6. The molecular formula is C26H30N6O4.